The quantitative estimate of drug-likeness (QED) is 0.501. The Bertz CT molecular complexity index is 558. The normalized spacial score (nSPS) is 15.8. The molecule has 6 nitrogen and oxygen atoms in total. The van der Waals surface area contributed by atoms with Gasteiger partial charge in [0.05, 0.1) is 6.54 Å². The van der Waals surface area contributed by atoms with E-state index in [4.69, 9.17) is 5.73 Å². The van der Waals surface area contributed by atoms with Gasteiger partial charge < -0.3 is 5.73 Å². The Morgan fingerprint density at radius 1 is 1.22 bits per heavy atom. The van der Waals surface area contributed by atoms with Crippen molar-refractivity contribution in [1.29, 1.82) is 0 Å². The maximum Gasteiger partial charge on any atom is 0.334 e. The molecule has 7 heteroatoms. The molecule has 0 radical (unpaired) electrons. The summed E-state index contributed by atoms with van der Waals surface area (Å²) < 4.78 is 0.802. The van der Waals surface area contributed by atoms with Crippen LogP contribution in [0.3, 0.4) is 0 Å². The molecule has 0 aromatic heterocycles. The molecule has 1 aliphatic heterocycles. The largest absolute Gasteiger partial charge is 0.398 e. The van der Waals surface area contributed by atoms with Gasteiger partial charge in [0.1, 0.15) is 0 Å². The van der Waals surface area contributed by atoms with Crippen LogP contribution >= 0.6 is 15.9 Å². The average Bonchev–Trinajstić information content (AvgIpc) is 2.50. The van der Waals surface area contributed by atoms with Gasteiger partial charge in [0.15, 0.2) is 0 Å². The smallest absolute Gasteiger partial charge is 0.334 e. The van der Waals surface area contributed by atoms with Crippen LogP contribution in [0.5, 0.6) is 0 Å². The maximum absolute atomic E-state index is 11.7. The van der Waals surface area contributed by atoms with Crippen molar-refractivity contribution in [2.75, 3.05) is 12.8 Å². The van der Waals surface area contributed by atoms with Crippen LogP contribution in [-0.4, -0.2) is 34.7 Å². The molecule has 0 spiro atoms. The van der Waals surface area contributed by atoms with Crippen molar-refractivity contribution in [3.05, 3.63) is 28.2 Å². The first-order valence-corrected chi connectivity index (χ1v) is 5.88. The number of likely N-dealkylation sites (N-methyl/N-ethyl adjacent to an activating group) is 1. The van der Waals surface area contributed by atoms with E-state index < -0.39 is 17.8 Å². The van der Waals surface area contributed by atoms with Gasteiger partial charge >= 0.3 is 17.8 Å². The van der Waals surface area contributed by atoms with Gasteiger partial charge in [-0.25, -0.2) is 4.79 Å². The zero-order chi connectivity index (χ0) is 13.4. The van der Waals surface area contributed by atoms with Crippen molar-refractivity contribution < 1.29 is 14.4 Å². The number of rotatable bonds is 2. The first-order valence-electron chi connectivity index (χ1n) is 5.09. The second-order valence-corrected chi connectivity index (χ2v) is 4.80. The number of urea groups is 1. The highest BCUT2D eigenvalue weighted by Crippen LogP contribution is 2.22. The first-order chi connectivity index (χ1) is 8.41. The van der Waals surface area contributed by atoms with Gasteiger partial charge in [0, 0.05) is 17.2 Å². The topological polar surface area (TPSA) is 83.7 Å². The third-order valence-electron chi connectivity index (χ3n) is 2.69. The van der Waals surface area contributed by atoms with Crippen LogP contribution in [0.25, 0.3) is 0 Å². The summed E-state index contributed by atoms with van der Waals surface area (Å²) in [5.74, 6) is -1.65. The van der Waals surface area contributed by atoms with Crippen molar-refractivity contribution in [2.45, 2.75) is 6.54 Å². The number of nitrogens with two attached hydrogens (primary N) is 1. The highest BCUT2D eigenvalue weighted by atomic mass is 79.9. The molecule has 94 valence electrons. The van der Waals surface area contributed by atoms with E-state index in [1.807, 2.05) is 0 Å². The Kier molecular flexibility index (Phi) is 3.08. The molecule has 1 aromatic carbocycles. The van der Waals surface area contributed by atoms with Crippen LogP contribution in [0.15, 0.2) is 22.7 Å². The SMILES string of the molecule is CN1C(=O)C(=O)N(Cc2ccc(Br)cc2N)C1=O. The Hall–Kier alpha value is -1.89. The zero-order valence-corrected chi connectivity index (χ0v) is 11.1. The summed E-state index contributed by atoms with van der Waals surface area (Å²) in [5, 5.41) is 0. The number of carbonyl (C=O) groups excluding carboxylic acids is 3. The second-order valence-electron chi connectivity index (χ2n) is 3.88. The van der Waals surface area contributed by atoms with Crippen molar-refractivity contribution in [3.63, 3.8) is 0 Å². The fraction of sp³-hybridized carbons (Fsp3) is 0.182. The number of halogens is 1. The van der Waals surface area contributed by atoms with Crippen molar-refractivity contribution in [3.8, 4) is 0 Å². The highest BCUT2D eigenvalue weighted by Gasteiger charge is 2.42. The molecule has 2 rings (SSSR count). The molecule has 1 saturated heterocycles. The van der Waals surface area contributed by atoms with E-state index in [2.05, 4.69) is 15.9 Å². The summed E-state index contributed by atoms with van der Waals surface area (Å²) >= 11 is 3.26. The lowest BCUT2D eigenvalue weighted by atomic mass is 10.2. The van der Waals surface area contributed by atoms with Gasteiger partial charge in [-0.15, -0.1) is 0 Å². The Morgan fingerprint density at radius 2 is 1.89 bits per heavy atom. The minimum absolute atomic E-state index is 0.00708. The summed E-state index contributed by atoms with van der Waals surface area (Å²) in [6.07, 6.45) is 0. The van der Waals surface area contributed by atoms with E-state index in [0.29, 0.717) is 11.3 Å². The molecule has 0 unspecified atom stereocenters. The number of anilines is 1. The van der Waals surface area contributed by atoms with Crippen molar-refractivity contribution in [2.24, 2.45) is 0 Å². The molecule has 0 atom stereocenters. The van der Waals surface area contributed by atoms with E-state index in [9.17, 15) is 14.4 Å². The van der Waals surface area contributed by atoms with Crippen molar-refractivity contribution >= 4 is 39.5 Å². The Balaban J connectivity index is 2.27. The predicted molar refractivity (Wildman–Crippen MR) is 67.3 cm³/mol. The van der Waals surface area contributed by atoms with E-state index in [1.54, 1.807) is 18.2 Å². The molecule has 0 aliphatic carbocycles. The standard InChI is InChI=1S/C11H10BrN3O3/c1-14-9(16)10(17)15(11(14)18)5-6-2-3-7(12)4-8(6)13/h2-4H,5,13H2,1H3. The number of imide groups is 2. The molecule has 0 saturated carbocycles. The van der Waals surface area contributed by atoms with E-state index in [1.165, 1.54) is 7.05 Å². The number of nitrogen functional groups attached to an aromatic ring is 1. The number of amides is 4. The van der Waals surface area contributed by atoms with Gasteiger partial charge in [0.25, 0.3) is 0 Å². The van der Waals surface area contributed by atoms with Crippen LogP contribution in [0.2, 0.25) is 0 Å². The third kappa shape index (κ3) is 1.97. The van der Waals surface area contributed by atoms with Crippen molar-refractivity contribution in [1.82, 2.24) is 9.80 Å². The van der Waals surface area contributed by atoms with E-state index in [0.717, 1.165) is 14.3 Å². The lowest BCUT2D eigenvalue weighted by molar-refractivity contribution is -0.143. The van der Waals surface area contributed by atoms with Crippen LogP contribution in [-0.2, 0) is 16.1 Å². The molecular weight excluding hydrogens is 302 g/mol. The molecule has 1 aromatic rings. The molecule has 1 aliphatic rings. The second kappa shape index (κ2) is 4.41. The number of benzene rings is 1. The molecule has 18 heavy (non-hydrogen) atoms. The summed E-state index contributed by atoms with van der Waals surface area (Å²) in [4.78, 5) is 36.2. The van der Waals surface area contributed by atoms with Gasteiger partial charge in [0.2, 0.25) is 0 Å². The van der Waals surface area contributed by atoms with Crippen LogP contribution < -0.4 is 5.73 Å². The summed E-state index contributed by atoms with van der Waals surface area (Å²) in [5.41, 5.74) is 6.85. The van der Waals surface area contributed by atoms with Gasteiger partial charge in [-0.1, -0.05) is 22.0 Å². The number of nitrogens with zero attached hydrogens (tertiary/aromatic N) is 2. The van der Waals surface area contributed by atoms with Crippen LogP contribution in [0, 0.1) is 0 Å². The highest BCUT2D eigenvalue weighted by molar-refractivity contribution is 9.10. The van der Waals surface area contributed by atoms with Crippen LogP contribution in [0.1, 0.15) is 5.56 Å². The monoisotopic (exact) mass is 311 g/mol. The lowest BCUT2D eigenvalue weighted by Gasteiger charge is -2.14. The van der Waals surface area contributed by atoms with Gasteiger partial charge in [-0.2, -0.15) is 0 Å². The Labute approximate surface area is 111 Å². The minimum Gasteiger partial charge on any atom is -0.398 e. The summed E-state index contributed by atoms with van der Waals surface area (Å²) in [6, 6.07) is 4.49. The minimum atomic E-state index is -0.829. The van der Waals surface area contributed by atoms with Gasteiger partial charge in [-0.05, 0) is 17.7 Å². The number of hydrogen-bond acceptors (Lipinski definition) is 4. The lowest BCUT2D eigenvalue weighted by Crippen LogP contribution is -2.31. The maximum atomic E-state index is 11.7. The summed E-state index contributed by atoms with van der Waals surface area (Å²) in [6.45, 7) is -0.00708. The molecule has 4 amide bonds. The fourth-order valence-electron chi connectivity index (χ4n) is 1.63. The predicted octanol–water partition coefficient (Wildman–Crippen LogP) is 0.952. The zero-order valence-electron chi connectivity index (χ0n) is 9.51. The van der Waals surface area contributed by atoms with Crippen LogP contribution in [0.4, 0.5) is 10.5 Å². The molecular formula is C11H10BrN3O3. The molecule has 0 bridgehead atoms. The van der Waals surface area contributed by atoms with E-state index in [-0.39, 0.29) is 6.54 Å². The average molecular weight is 312 g/mol. The molecule has 1 heterocycles. The number of hydrogen-bond donors (Lipinski definition) is 1. The Morgan fingerprint density at radius 3 is 2.39 bits per heavy atom. The molecule has 1 fully saturated rings. The first kappa shape index (κ1) is 12.6. The summed E-state index contributed by atoms with van der Waals surface area (Å²) in [7, 11) is 1.27. The number of carbonyl (C=O) groups is 3. The molecule has 2 N–H and O–H groups in total. The third-order valence-corrected chi connectivity index (χ3v) is 3.18. The van der Waals surface area contributed by atoms with E-state index >= 15 is 0 Å². The van der Waals surface area contributed by atoms with Gasteiger partial charge in [-0.3, -0.25) is 19.4 Å². The fourth-order valence-corrected chi connectivity index (χ4v) is 2.01.